The van der Waals surface area contributed by atoms with Crippen LogP contribution in [0.25, 0.3) is 0 Å². The highest BCUT2D eigenvalue weighted by atomic mass is 16.5. The number of likely N-dealkylation sites (tertiary alicyclic amines) is 1. The zero-order valence-electron chi connectivity index (χ0n) is 10.7. The van der Waals surface area contributed by atoms with E-state index in [4.69, 9.17) is 4.74 Å². The molecule has 0 bridgehead atoms. The second kappa shape index (κ2) is 5.38. The van der Waals surface area contributed by atoms with Gasteiger partial charge >= 0.3 is 0 Å². The van der Waals surface area contributed by atoms with Crippen molar-refractivity contribution in [2.45, 2.75) is 31.4 Å². The van der Waals surface area contributed by atoms with Gasteiger partial charge in [0.15, 0.2) is 18.5 Å². The molecule has 1 aromatic rings. The molecule has 1 amide bonds. The van der Waals surface area contributed by atoms with E-state index in [0.717, 1.165) is 31.5 Å². The number of pyridine rings is 1. The van der Waals surface area contributed by atoms with Crippen LogP contribution in [0.3, 0.4) is 0 Å². The average molecular weight is 259 g/mol. The molecule has 3 rings (SSSR count). The highest BCUT2D eigenvalue weighted by Gasteiger charge is 2.36. The summed E-state index contributed by atoms with van der Waals surface area (Å²) in [5.74, 6) is 0.0789. The number of carbonyl (C=O) groups is 1. The molecule has 19 heavy (non-hydrogen) atoms. The van der Waals surface area contributed by atoms with Gasteiger partial charge < -0.3 is 9.64 Å². The lowest BCUT2D eigenvalue weighted by Crippen LogP contribution is -2.42. The number of hydrogen-bond acceptors (Lipinski definition) is 4. The Labute approximate surface area is 112 Å². The third kappa shape index (κ3) is 2.45. The van der Waals surface area contributed by atoms with Gasteiger partial charge in [-0.15, -0.1) is 0 Å². The van der Waals surface area contributed by atoms with E-state index in [-0.39, 0.29) is 12.0 Å². The van der Waals surface area contributed by atoms with Crippen LogP contribution in [0.15, 0.2) is 29.5 Å². The molecule has 1 aromatic heterocycles. The number of amides is 1. The van der Waals surface area contributed by atoms with Crippen LogP contribution >= 0.6 is 0 Å². The van der Waals surface area contributed by atoms with Crippen molar-refractivity contribution >= 4 is 12.3 Å². The van der Waals surface area contributed by atoms with E-state index in [2.05, 4.69) is 9.98 Å². The van der Waals surface area contributed by atoms with Crippen molar-refractivity contribution < 1.29 is 9.53 Å². The molecule has 2 atom stereocenters. The first-order valence-corrected chi connectivity index (χ1v) is 6.72. The Balaban J connectivity index is 1.75. The van der Waals surface area contributed by atoms with Gasteiger partial charge in [0.05, 0.1) is 0 Å². The van der Waals surface area contributed by atoms with Crippen molar-refractivity contribution in [3.05, 3.63) is 30.1 Å². The van der Waals surface area contributed by atoms with Crippen molar-refractivity contribution in [2.24, 2.45) is 4.99 Å². The average Bonchev–Trinajstić information content (AvgIpc) is 2.98. The molecule has 2 aliphatic rings. The SMILES string of the molecule is O=C([C@H]1N=CO[C@@H]1c1ccncc1)N1CCCCC1. The van der Waals surface area contributed by atoms with E-state index >= 15 is 0 Å². The fourth-order valence-corrected chi connectivity index (χ4v) is 2.63. The van der Waals surface area contributed by atoms with Gasteiger partial charge in [-0.2, -0.15) is 0 Å². The lowest BCUT2D eigenvalue weighted by molar-refractivity contribution is -0.135. The maximum absolute atomic E-state index is 12.5. The number of carbonyl (C=O) groups excluding carboxylic acids is 1. The van der Waals surface area contributed by atoms with Gasteiger partial charge in [0.2, 0.25) is 0 Å². The van der Waals surface area contributed by atoms with Crippen LogP contribution in [0.1, 0.15) is 30.9 Å². The molecule has 0 spiro atoms. The topological polar surface area (TPSA) is 54.8 Å². The van der Waals surface area contributed by atoms with Crippen LogP contribution in [0, 0.1) is 0 Å². The molecule has 5 heteroatoms. The largest absolute Gasteiger partial charge is 0.473 e. The standard InChI is InChI=1S/C14H17N3O2/c18-14(17-8-2-1-3-9-17)12-13(19-10-16-12)11-4-6-15-7-5-11/h4-7,10,12-13H,1-3,8-9H2/t12-,13+/m0/s1. The first-order valence-electron chi connectivity index (χ1n) is 6.72. The fraction of sp³-hybridized carbons (Fsp3) is 0.500. The van der Waals surface area contributed by atoms with Gasteiger partial charge in [0, 0.05) is 25.5 Å². The molecule has 0 aliphatic carbocycles. The number of nitrogens with zero attached hydrogens (tertiary/aromatic N) is 3. The Morgan fingerprint density at radius 3 is 2.68 bits per heavy atom. The molecule has 0 N–H and O–H groups in total. The van der Waals surface area contributed by atoms with E-state index in [1.165, 1.54) is 12.8 Å². The smallest absolute Gasteiger partial charge is 0.251 e. The molecule has 0 unspecified atom stereocenters. The minimum Gasteiger partial charge on any atom is -0.473 e. The zero-order chi connectivity index (χ0) is 13.1. The summed E-state index contributed by atoms with van der Waals surface area (Å²) in [6.07, 6.45) is 7.89. The van der Waals surface area contributed by atoms with Crippen LogP contribution in [0.2, 0.25) is 0 Å². The van der Waals surface area contributed by atoms with Gasteiger partial charge in [-0.3, -0.25) is 9.78 Å². The Hall–Kier alpha value is -1.91. The maximum Gasteiger partial charge on any atom is 0.251 e. The molecular weight excluding hydrogens is 242 g/mol. The highest BCUT2D eigenvalue weighted by molar-refractivity contribution is 5.85. The van der Waals surface area contributed by atoms with Gasteiger partial charge in [0.1, 0.15) is 0 Å². The van der Waals surface area contributed by atoms with Crippen LogP contribution in [-0.2, 0) is 9.53 Å². The Morgan fingerprint density at radius 1 is 1.21 bits per heavy atom. The summed E-state index contributed by atoms with van der Waals surface area (Å²) < 4.78 is 5.50. The van der Waals surface area contributed by atoms with Gasteiger partial charge in [-0.1, -0.05) is 0 Å². The van der Waals surface area contributed by atoms with Crippen LogP contribution < -0.4 is 0 Å². The second-order valence-electron chi connectivity index (χ2n) is 4.92. The van der Waals surface area contributed by atoms with E-state index in [1.807, 2.05) is 17.0 Å². The fourth-order valence-electron chi connectivity index (χ4n) is 2.63. The molecule has 1 fully saturated rings. The lowest BCUT2D eigenvalue weighted by Gasteiger charge is -2.29. The Kier molecular flexibility index (Phi) is 3.44. The number of rotatable bonds is 2. The van der Waals surface area contributed by atoms with Crippen molar-refractivity contribution in [1.82, 2.24) is 9.88 Å². The molecule has 0 radical (unpaired) electrons. The number of piperidine rings is 1. The summed E-state index contributed by atoms with van der Waals surface area (Å²) in [6.45, 7) is 1.68. The third-order valence-electron chi connectivity index (χ3n) is 3.67. The zero-order valence-corrected chi connectivity index (χ0v) is 10.7. The van der Waals surface area contributed by atoms with Crippen molar-refractivity contribution in [2.75, 3.05) is 13.1 Å². The number of aliphatic imine (C=N–C) groups is 1. The Bertz CT molecular complexity index is 469. The number of ether oxygens (including phenoxy) is 1. The van der Waals surface area contributed by atoms with Crippen molar-refractivity contribution in [1.29, 1.82) is 0 Å². The van der Waals surface area contributed by atoms with Crippen LogP contribution in [-0.4, -0.2) is 41.3 Å². The molecule has 1 saturated heterocycles. The van der Waals surface area contributed by atoms with Gasteiger partial charge in [-0.05, 0) is 37.0 Å². The first-order chi connectivity index (χ1) is 9.36. The minimum atomic E-state index is -0.444. The van der Waals surface area contributed by atoms with Crippen molar-refractivity contribution in [3.8, 4) is 0 Å². The van der Waals surface area contributed by atoms with E-state index in [0.29, 0.717) is 0 Å². The highest BCUT2D eigenvalue weighted by Crippen LogP contribution is 2.28. The second-order valence-corrected chi connectivity index (χ2v) is 4.92. The summed E-state index contributed by atoms with van der Waals surface area (Å²) in [6, 6.07) is 3.30. The normalized spacial score (nSPS) is 26.2. The van der Waals surface area contributed by atoms with E-state index in [9.17, 15) is 4.79 Å². The summed E-state index contributed by atoms with van der Waals surface area (Å²) in [7, 11) is 0. The molecule has 3 heterocycles. The lowest BCUT2D eigenvalue weighted by atomic mass is 10.0. The summed E-state index contributed by atoms with van der Waals surface area (Å²) in [4.78, 5) is 22.6. The van der Waals surface area contributed by atoms with Gasteiger partial charge in [0.25, 0.3) is 5.91 Å². The molecule has 100 valence electrons. The Morgan fingerprint density at radius 2 is 1.95 bits per heavy atom. The third-order valence-corrected chi connectivity index (χ3v) is 3.67. The van der Waals surface area contributed by atoms with E-state index < -0.39 is 6.04 Å². The quantitative estimate of drug-likeness (QED) is 0.810. The molecule has 0 saturated carbocycles. The van der Waals surface area contributed by atoms with Crippen LogP contribution in [0.4, 0.5) is 0 Å². The minimum absolute atomic E-state index is 0.0789. The molecule has 2 aliphatic heterocycles. The van der Waals surface area contributed by atoms with Gasteiger partial charge in [-0.25, -0.2) is 4.99 Å². The summed E-state index contributed by atoms with van der Waals surface area (Å²) >= 11 is 0. The van der Waals surface area contributed by atoms with Crippen LogP contribution in [0.5, 0.6) is 0 Å². The first kappa shape index (κ1) is 12.1. The molecule has 0 aromatic carbocycles. The monoisotopic (exact) mass is 259 g/mol. The number of hydrogen-bond donors (Lipinski definition) is 0. The van der Waals surface area contributed by atoms with Crippen molar-refractivity contribution in [3.63, 3.8) is 0 Å². The summed E-state index contributed by atoms with van der Waals surface area (Å²) in [5, 5.41) is 0. The predicted molar refractivity (Wildman–Crippen MR) is 70.8 cm³/mol. The number of aromatic nitrogens is 1. The molecular formula is C14H17N3O2. The molecule has 5 nitrogen and oxygen atoms in total. The summed E-state index contributed by atoms with van der Waals surface area (Å²) in [5.41, 5.74) is 0.947. The van der Waals surface area contributed by atoms with E-state index in [1.54, 1.807) is 12.4 Å². The predicted octanol–water partition coefficient (Wildman–Crippen LogP) is 1.56. The maximum atomic E-state index is 12.5.